The number of benzene rings is 2. The van der Waals surface area contributed by atoms with Crippen LogP contribution in [0.5, 0.6) is 0 Å². The molecule has 2 heterocycles. The van der Waals surface area contributed by atoms with E-state index in [4.69, 9.17) is 0 Å². The third-order valence-electron chi connectivity index (χ3n) is 4.51. The van der Waals surface area contributed by atoms with Gasteiger partial charge in [-0.05, 0) is 56.3 Å². The monoisotopic (exact) mass is 422 g/mol. The second-order valence-corrected chi connectivity index (χ2v) is 7.87. The van der Waals surface area contributed by atoms with E-state index in [-0.39, 0.29) is 23.0 Å². The lowest BCUT2D eigenvalue weighted by molar-refractivity contribution is -0.113. The maximum atomic E-state index is 13.2. The zero-order chi connectivity index (χ0) is 21.3. The minimum Gasteiger partial charge on any atom is -0.353 e. The van der Waals surface area contributed by atoms with E-state index >= 15 is 0 Å². The number of rotatable bonds is 5. The Hall–Kier alpha value is -3.39. The lowest BCUT2D eigenvalue weighted by Gasteiger charge is -2.12. The molecule has 6 nitrogen and oxygen atoms in total. The molecular formula is C22H19FN4O2S. The number of aromatic nitrogens is 3. The predicted molar refractivity (Wildman–Crippen MR) is 117 cm³/mol. The van der Waals surface area contributed by atoms with E-state index in [2.05, 4.69) is 15.3 Å². The quantitative estimate of drug-likeness (QED) is 0.373. The average molecular weight is 422 g/mol. The topological polar surface area (TPSA) is 79.8 Å². The number of nitrogens with one attached hydrogen (secondary N) is 2. The van der Waals surface area contributed by atoms with Crippen LogP contribution in [0.4, 0.5) is 10.1 Å². The van der Waals surface area contributed by atoms with Gasteiger partial charge in [0, 0.05) is 11.4 Å². The molecule has 0 atom stereocenters. The first-order valence-corrected chi connectivity index (χ1v) is 10.3. The normalized spacial score (nSPS) is 11.0. The lowest BCUT2D eigenvalue weighted by Crippen LogP contribution is -2.23. The highest BCUT2D eigenvalue weighted by molar-refractivity contribution is 7.99. The molecule has 4 aromatic rings. The van der Waals surface area contributed by atoms with Crippen LogP contribution in [-0.2, 0) is 4.79 Å². The van der Waals surface area contributed by atoms with Crippen molar-refractivity contribution in [2.45, 2.75) is 19.0 Å². The van der Waals surface area contributed by atoms with Crippen LogP contribution >= 0.6 is 11.8 Å². The van der Waals surface area contributed by atoms with Crippen LogP contribution in [0.3, 0.4) is 0 Å². The molecule has 30 heavy (non-hydrogen) atoms. The Bertz CT molecular complexity index is 1280. The van der Waals surface area contributed by atoms with Crippen molar-refractivity contribution in [1.29, 1.82) is 0 Å². The van der Waals surface area contributed by atoms with Crippen molar-refractivity contribution < 1.29 is 9.18 Å². The first-order valence-electron chi connectivity index (χ1n) is 9.28. The number of hydrogen-bond acceptors (Lipinski definition) is 4. The molecule has 0 saturated heterocycles. The maximum Gasteiger partial charge on any atom is 0.283 e. The number of hydrogen-bond donors (Lipinski definition) is 2. The predicted octanol–water partition coefficient (Wildman–Crippen LogP) is 4.20. The van der Waals surface area contributed by atoms with Gasteiger partial charge < -0.3 is 10.3 Å². The van der Waals surface area contributed by atoms with Gasteiger partial charge in [0.15, 0.2) is 5.16 Å². The number of thioether (sulfide) groups is 1. The number of aryl methyl sites for hydroxylation is 2. The van der Waals surface area contributed by atoms with Crippen molar-refractivity contribution >= 4 is 34.4 Å². The number of halogens is 1. The van der Waals surface area contributed by atoms with E-state index in [9.17, 15) is 14.0 Å². The van der Waals surface area contributed by atoms with E-state index in [1.54, 1.807) is 6.07 Å². The first kappa shape index (κ1) is 19.9. The first-order chi connectivity index (χ1) is 14.4. The van der Waals surface area contributed by atoms with E-state index in [1.807, 2.05) is 38.1 Å². The van der Waals surface area contributed by atoms with Gasteiger partial charge in [0.2, 0.25) is 5.91 Å². The van der Waals surface area contributed by atoms with Crippen molar-refractivity contribution in [3.8, 4) is 5.69 Å². The molecule has 0 aliphatic carbocycles. The second kappa shape index (κ2) is 8.16. The Morgan fingerprint density at radius 3 is 2.53 bits per heavy atom. The molecule has 0 unspecified atom stereocenters. The van der Waals surface area contributed by atoms with E-state index in [0.29, 0.717) is 27.6 Å². The summed E-state index contributed by atoms with van der Waals surface area (Å²) >= 11 is 1.17. The molecule has 0 saturated carbocycles. The third-order valence-corrected chi connectivity index (χ3v) is 5.45. The van der Waals surface area contributed by atoms with Crippen LogP contribution in [0, 0.1) is 19.7 Å². The molecule has 0 spiro atoms. The fourth-order valence-corrected chi connectivity index (χ4v) is 3.87. The molecule has 0 fully saturated rings. The maximum absolute atomic E-state index is 13.2. The standard InChI is InChI=1S/C22H19FN4O2S/c1-13-3-9-17(10-4-13)27-21(29)20-18(11-14(2)24-20)26-22(27)30-12-19(28)25-16-7-5-15(23)6-8-16/h3-11,24H,12H2,1-2H3,(H,25,28). The lowest BCUT2D eigenvalue weighted by atomic mass is 10.2. The highest BCUT2D eigenvalue weighted by Gasteiger charge is 2.16. The molecule has 8 heteroatoms. The van der Waals surface area contributed by atoms with Crippen LogP contribution in [0.1, 0.15) is 11.3 Å². The smallest absolute Gasteiger partial charge is 0.283 e. The van der Waals surface area contributed by atoms with Crippen LogP contribution in [0.15, 0.2) is 64.5 Å². The van der Waals surface area contributed by atoms with Gasteiger partial charge in [-0.15, -0.1) is 0 Å². The summed E-state index contributed by atoms with van der Waals surface area (Å²) < 4.78 is 14.5. The molecule has 2 N–H and O–H groups in total. The Morgan fingerprint density at radius 2 is 1.83 bits per heavy atom. The number of amides is 1. The third kappa shape index (κ3) is 4.13. The van der Waals surface area contributed by atoms with Crippen molar-refractivity contribution in [3.63, 3.8) is 0 Å². The van der Waals surface area contributed by atoms with Gasteiger partial charge in [0.05, 0.1) is 17.0 Å². The number of nitrogens with zero attached hydrogens (tertiary/aromatic N) is 2. The number of fused-ring (bicyclic) bond motifs is 1. The summed E-state index contributed by atoms with van der Waals surface area (Å²) in [6.07, 6.45) is 0. The van der Waals surface area contributed by atoms with E-state index in [1.165, 1.54) is 40.6 Å². The van der Waals surface area contributed by atoms with Gasteiger partial charge in [0.1, 0.15) is 11.3 Å². The van der Waals surface area contributed by atoms with Crippen molar-refractivity contribution in [2.24, 2.45) is 0 Å². The zero-order valence-corrected chi connectivity index (χ0v) is 17.2. The fourth-order valence-electron chi connectivity index (χ4n) is 3.06. The molecular weight excluding hydrogens is 403 g/mol. The van der Waals surface area contributed by atoms with Gasteiger partial charge in [-0.25, -0.2) is 9.37 Å². The fraction of sp³-hybridized carbons (Fsp3) is 0.136. The summed E-state index contributed by atoms with van der Waals surface area (Å²) in [6, 6.07) is 14.9. The van der Waals surface area contributed by atoms with E-state index in [0.717, 1.165) is 11.3 Å². The van der Waals surface area contributed by atoms with Gasteiger partial charge in [-0.1, -0.05) is 29.5 Å². The minimum atomic E-state index is -0.371. The van der Waals surface area contributed by atoms with Gasteiger partial charge in [-0.3, -0.25) is 14.2 Å². The number of anilines is 1. The number of carbonyl (C=O) groups excluding carboxylic acids is 1. The van der Waals surface area contributed by atoms with Crippen LogP contribution in [-0.4, -0.2) is 26.2 Å². The summed E-state index contributed by atoms with van der Waals surface area (Å²) in [7, 11) is 0. The molecule has 1 amide bonds. The Morgan fingerprint density at radius 1 is 1.13 bits per heavy atom. The molecule has 0 aliphatic rings. The Kier molecular flexibility index (Phi) is 5.41. The number of carbonyl (C=O) groups is 1. The van der Waals surface area contributed by atoms with Crippen LogP contribution in [0.2, 0.25) is 0 Å². The summed E-state index contributed by atoms with van der Waals surface area (Å²) in [4.78, 5) is 33.2. The molecule has 0 bridgehead atoms. The summed E-state index contributed by atoms with van der Waals surface area (Å²) in [5, 5.41) is 3.14. The highest BCUT2D eigenvalue weighted by atomic mass is 32.2. The van der Waals surface area contributed by atoms with Crippen molar-refractivity contribution in [2.75, 3.05) is 11.1 Å². The van der Waals surface area contributed by atoms with Crippen LogP contribution in [0.25, 0.3) is 16.7 Å². The molecule has 0 radical (unpaired) electrons. The molecule has 2 aromatic carbocycles. The van der Waals surface area contributed by atoms with Gasteiger partial charge >= 0.3 is 0 Å². The number of H-pyrrole nitrogens is 1. The highest BCUT2D eigenvalue weighted by Crippen LogP contribution is 2.22. The van der Waals surface area contributed by atoms with Gasteiger partial charge in [0.25, 0.3) is 5.56 Å². The summed E-state index contributed by atoms with van der Waals surface area (Å²) in [5.41, 5.74) is 3.84. The molecule has 152 valence electrons. The summed E-state index contributed by atoms with van der Waals surface area (Å²) in [5.74, 6) is -0.602. The SMILES string of the molecule is Cc1ccc(-n2c(SCC(=O)Nc3ccc(F)cc3)nc3cc(C)[nH]c3c2=O)cc1. The Labute approximate surface area is 176 Å². The second-order valence-electron chi connectivity index (χ2n) is 6.93. The number of aromatic amines is 1. The van der Waals surface area contributed by atoms with Gasteiger partial charge in [-0.2, -0.15) is 0 Å². The van der Waals surface area contributed by atoms with Crippen molar-refractivity contribution in [1.82, 2.24) is 14.5 Å². The molecule has 0 aliphatic heterocycles. The summed E-state index contributed by atoms with van der Waals surface area (Å²) in [6.45, 7) is 3.83. The molecule has 4 rings (SSSR count). The van der Waals surface area contributed by atoms with Crippen LogP contribution < -0.4 is 10.9 Å². The molecule has 2 aromatic heterocycles. The minimum absolute atomic E-state index is 0.0462. The largest absolute Gasteiger partial charge is 0.353 e. The zero-order valence-electron chi connectivity index (χ0n) is 16.4. The Balaban J connectivity index is 1.65. The average Bonchev–Trinajstić information content (AvgIpc) is 3.10. The van der Waals surface area contributed by atoms with E-state index < -0.39 is 0 Å². The van der Waals surface area contributed by atoms with Crippen molar-refractivity contribution in [3.05, 3.63) is 82.0 Å².